The largest absolute Gasteiger partial charge is 3.00 e. The summed E-state index contributed by atoms with van der Waals surface area (Å²) in [4.78, 5) is 0. The minimum Gasteiger partial charge on any atom is -1.00 e. The van der Waals surface area contributed by atoms with E-state index in [1.165, 1.54) is 0 Å². The summed E-state index contributed by atoms with van der Waals surface area (Å²) in [6.07, 6.45) is 0. The van der Waals surface area contributed by atoms with Gasteiger partial charge in [0.05, 0.1) is 0 Å². The summed E-state index contributed by atoms with van der Waals surface area (Å²) in [5, 5.41) is 0. The first-order valence-corrected chi connectivity index (χ1v) is 1.49. The third-order valence-electron chi connectivity index (χ3n) is 0. The molecule has 0 aliphatic rings. The molecule has 8 heavy (non-hydrogen) atoms. The third kappa shape index (κ3) is 3940. The Balaban J connectivity index is -0.00000000750. The number of nitrogens with two attached hydrogens (primary N) is 1. The van der Waals surface area contributed by atoms with Gasteiger partial charge in [-0.1, -0.05) is 13.8 Å². The van der Waals surface area contributed by atoms with E-state index in [1.807, 2.05) is 13.8 Å². The molecule has 0 spiro atoms. The predicted molar refractivity (Wildman–Crippen MR) is 25.1 cm³/mol. The van der Waals surface area contributed by atoms with Crippen LogP contribution in [0.4, 0.5) is 0 Å². The Morgan fingerprint density at radius 1 is 1.00 bits per heavy atom. The molecule has 0 radical (unpaired) electrons. The Morgan fingerprint density at radius 2 is 1.00 bits per heavy atom. The van der Waals surface area contributed by atoms with Crippen molar-refractivity contribution in [2.75, 3.05) is 0 Å². The van der Waals surface area contributed by atoms with Crippen LogP contribution in [0.1, 0.15) is 13.8 Å². The summed E-state index contributed by atoms with van der Waals surface area (Å²) >= 11 is 0. The van der Waals surface area contributed by atoms with Gasteiger partial charge in [0.25, 0.3) is 0 Å². The van der Waals surface area contributed by atoms with E-state index in [9.17, 15) is 0 Å². The molecule has 50 valence electrons. The molecule has 5 heteroatoms. The van der Waals surface area contributed by atoms with Crippen LogP contribution in [-0.4, -0.2) is 14.5 Å². The van der Waals surface area contributed by atoms with Crippen molar-refractivity contribution >= 4 is 8.41 Å². The van der Waals surface area contributed by atoms with Crippen molar-refractivity contribution in [1.82, 2.24) is 0 Å². The first-order chi connectivity index (χ1) is 1.73. The molecule has 0 aromatic carbocycles. The number of rotatable bonds is 0. The first-order valence-electron chi connectivity index (χ1n) is 1.49. The molecule has 0 saturated carbocycles. The van der Waals surface area contributed by atoms with Gasteiger partial charge in [0.1, 0.15) is 0 Å². The van der Waals surface area contributed by atoms with Crippen molar-refractivity contribution in [1.29, 1.82) is 0 Å². The van der Waals surface area contributed by atoms with Gasteiger partial charge in [0, 0.05) is 0 Å². The summed E-state index contributed by atoms with van der Waals surface area (Å²) in [5.74, 6) is 0. The van der Waals surface area contributed by atoms with E-state index >= 15 is 0 Å². The van der Waals surface area contributed by atoms with Gasteiger partial charge in [-0.2, -0.15) is 0 Å². The van der Waals surface area contributed by atoms with Crippen molar-refractivity contribution < 1.29 is 14.1 Å². The number of hydrogen-bond donors (Lipinski definition) is 1. The van der Waals surface area contributed by atoms with Crippen LogP contribution in [0.3, 0.4) is 0 Å². The van der Waals surface area contributed by atoms with Gasteiger partial charge in [-0.05, 0) is 6.04 Å². The Bertz CT molecular complexity index is 19.2. The van der Waals surface area contributed by atoms with Gasteiger partial charge < -0.3 is 19.8 Å². The van der Waals surface area contributed by atoms with E-state index in [2.05, 4.69) is 0 Å². The topological polar surface area (TPSA) is 26.0 Å². The minimum absolute atomic E-state index is 0. The van der Waals surface area contributed by atoms with Gasteiger partial charge >= 0.3 is 8.41 Å². The Kier molecular flexibility index (Phi) is 167. The van der Waals surface area contributed by atoms with Crippen LogP contribution in [0, 0.1) is 0 Å². The van der Waals surface area contributed by atoms with E-state index in [-0.39, 0.29) is 22.5 Å². The standard InChI is InChI=1S/C3H9N.B.3FH/c1-3(2)4;;;;/h3H,4H2,1-2H3;;3*1H/q;+3;;;/p-3. The van der Waals surface area contributed by atoms with Crippen molar-refractivity contribution in [2.24, 2.45) is 5.73 Å². The number of halogens is 3. The van der Waals surface area contributed by atoms with Gasteiger partial charge in [-0.25, -0.2) is 0 Å². The van der Waals surface area contributed by atoms with Crippen LogP contribution in [-0.2, 0) is 0 Å². The second kappa shape index (κ2) is 29.1. The normalized spacial score (nSPS) is 4.50. The maximum Gasteiger partial charge on any atom is 3.00 e. The second-order valence-corrected chi connectivity index (χ2v) is 1.24. The number of hydrogen-bond acceptors (Lipinski definition) is 1. The van der Waals surface area contributed by atoms with Crippen molar-refractivity contribution in [2.45, 2.75) is 19.9 Å². The zero-order valence-corrected chi connectivity index (χ0v) is 4.87. The fourth-order valence-electron chi connectivity index (χ4n) is 0. The molecule has 0 bridgehead atoms. The molecule has 0 unspecified atom stereocenters. The summed E-state index contributed by atoms with van der Waals surface area (Å²) in [6, 6.07) is 0.333. The van der Waals surface area contributed by atoms with Crippen molar-refractivity contribution in [3.8, 4) is 0 Å². The monoisotopic (exact) mass is 127 g/mol. The van der Waals surface area contributed by atoms with Gasteiger partial charge in [0.15, 0.2) is 0 Å². The van der Waals surface area contributed by atoms with E-state index in [4.69, 9.17) is 5.73 Å². The maximum absolute atomic E-state index is 5.11. The van der Waals surface area contributed by atoms with E-state index in [0.29, 0.717) is 6.04 Å². The van der Waals surface area contributed by atoms with Crippen molar-refractivity contribution in [3.63, 3.8) is 0 Å². The maximum atomic E-state index is 5.11. The zero-order chi connectivity index (χ0) is 3.58. The molecule has 0 heterocycles. The molecule has 0 aliphatic carbocycles. The smallest absolute Gasteiger partial charge is 1.00 e. The fourth-order valence-corrected chi connectivity index (χ4v) is 0. The van der Waals surface area contributed by atoms with Gasteiger partial charge in [-0.15, -0.1) is 0 Å². The van der Waals surface area contributed by atoms with Gasteiger partial charge in [-0.3, -0.25) is 0 Å². The Hall–Kier alpha value is -0.185. The van der Waals surface area contributed by atoms with Crippen LogP contribution >= 0.6 is 0 Å². The van der Waals surface area contributed by atoms with Crippen LogP contribution in [0.5, 0.6) is 0 Å². The summed E-state index contributed by atoms with van der Waals surface area (Å²) < 4.78 is 0. The third-order valence-corrected chi connectivity index (χ3v) is 0. The molecule has 0 aromatic rings. The van der Waals surface area contributed by atoms with Crippen LogP contribution in [0.15, 0.2) is 0 Å². The zero-order valence-electron chi connectivity index (χ0n) is 4.87. The Labute approximate surface area is 49.3 Å². The van der Waals surface area contributed by atoms with Crippen LogP contribution < -0.4 is 19.8 Å². The summed E-state index contributed by atoms with van der Waals surface area (Å²) in [6.45, 7) is 3.89. The molecule has 0 saturated heterocycles. The average Bonchev–Trinajstić information content (AvgIpc) is 0.811. The fraction of sp³-hybridized carbons (Fsp3) is 1.00. The molecular formula is C3H9BF3N. The SMILES string of the molecule is CC(C)N.[B+3].[F-].[F-].[F-]. The summed E-state index contributed by atoms with van der Waals surface area (Å²) in [5.41, 5.74) is 5.11. The minimum atomic E-state index is 0. The van der Waals surface area contributed by atoms with E-state index < -0.39 is 0 Å². The van der Waals surface area contributed by atoms with Crippen LogP contribution in [0.25, 0.3) is 0 Å². The Morgan fingerprint density at radius 3 is 1.00 bits per heavy atom. The van der Waals surface area contributed by atoms with E-state index in [1.54, 1.807) is 0 Å². The van der Waals surface area contributed by atoms with Crippen molar-refractivity contribution in [3.05, 3.63) is 0 Å². The first kappa shape index (κ1) is 45.8. The second-order valence-electron chi connectivity index (χ2n) is 1.24. The molecule has 0 aliphatic heterocycles. The average molecular weight is 127 g/mol. The quantitative estimate of drug-likeness (QED) is 0.321. The van der Waals surface area contributed by atoms with E-state index in [0.717, 1.165) is 0 Å². The molecule has 0 aromatic heterocycles. The molecule has 1 nitrogen and oxygen atoms in total. The molecule has 2 N–H and O–H groups in total. The molecule has 0 rings (SSSR count). The molecule has 0 atom stereocenters. The molecule has 0 amide bonds. The summed E-state index contributed by atoms with van der Waals surface area (Å²) in [7, 11) is 0. The van der Waals surface area contributed by atoms with Crippen LogP contribution in [0.2, 0.25) is 0 Å². The molecular weight excluding hydrogens is 118 g/mol. The predicted octanol–water partition coefficient (Wildman–Crippen LogP) is -9.02. The molecule has 0 fully saturated rings. The van der Waals surface area contributed by atoms with Gasteiger partial charge in [0.2, 0.25) is 0 Å².